The number of rotatable bonds is 9. The summed E-state index contributed by atoms with van der Waals surface area (Å²) in [7, 11) is 1.18. The van der Waals surface area contributed by atoms with Gasteiger partial charge in [0.25, 0.3) is 5.91 Å². The standard InChI is InChI=1S/C21H28N2O5S/c1-6-15(2)22-29(25,26)18-12-10-16(11-13-18)21(24)23(3)14-17-8-7-9-19(27-4)20(17)28-5/h7-13,15,22H,6,14H2,1-5H3. The van der Waals surface area contributed by atoms with E-state index in [1.54, 1.807) is 34.3 Å². The van der Waals surface area contributed by atoms with Gasteiger partial charge in [-0.1, -0.05) is 19.1 Å². The van der Waals surface area contributed by atoms with Crippen molar-refractivity contribution in [2.45, 2.75) is 37.8 Å². The number of hydrogen-bond donors (Lipinski definition) is 1. The van der Waals surface area contributed by atoms with Crippen molar-refractivity contribution in [3.05, 3.63) is 53.6 Å². The van der Waals surface area contributed by atoms with Crippen LogP contribution in [0.4, 0.5) is 0 Å². The normalized spacial score (nSPS) is 12.3. The average molecular weight is 421 g/mol. The fourth-order valence-electron chi connectivity index (χ4n) is 2.82. The van der Waals surface area contributed by atoms with Crippen molar-refractivity contribution in [3.63, 3.8) is 0 Å². The molecule has 0 fully saturated rings. The molecule has 1 unspecified atom stereocenters. The van der Waals surface area contributed by atoms with E-state index in [9.17, 15) is 13.2 Å². The molecular formula is C21H28N2O5S. The van der Waals surface area contributed by atoms with Gasteiger partial charge in [-0.2, -0.15) is 0 Å². The van der Waals surface area contributed by atoms with Crippen LogP contribution < -0.4 is 14.2 Å². The van der Waals surface area contributed by atoms with Gasteiger partial charge in [0.15, 0.2) is 11.5 Å². The lowest BCUT2D eigenvalue weighted by atomic mass is 10.1. The number of nitrogens with one attached hydrogen (secondary N) is 1. The summed E-state index contributed by atoms with van der Waals surface area (Å²) in [6, 6.07) is 11.2. The van der Waals surface area contributed by atoms with Crippen LogP contribution in [-0.4, -0.2) is 46.5 Å². The number of amides is 1. The van der Waals surface area contributed by atoms with Crippen molar-refractivity contribution in [2.75, 3.05) is 21.3 Å². The third-order valence-electron chi connectivity index (χ3n) is 4.62. The van der Waals surface area contributed by atoms with E-state index in [4.69, 9.17) is 9.47 Å². The summed E-state index contributed by atoms with van der Waals surface area (Å²) in [6.07, 6.45) is 0.689. The highest BCUT2D eigenvalue weighted by molar-refractivity contribution is 7.89. The second kappa shape index (κ2) is 9.76. The summed E-state index contributed by atoms with van der Waals surface area (Å²) in [4.78, 5) is 14.4. The van der Waals surface area contributed by atoms with Crippen molar-refractivity contribution in [2.24, 2.45) is 0 Å². The summed E-state index contributed by atoms with van der Waals surface area (Å²) >= 11 is 0. The Balaban J connectivity index is 2.17. The number of methoxy groups -OCH3 is 2. The fourth-order valence-corrected chi connectivity index (χ4v) is 4.15. The van der Waals surface area contributed by atoms with Crippen LogP contribution in [-0.2, 0) is 16.6 Å². The summed E-state index contributed by atoms with van der Waals surface area (Å²) in [5.41, 5.74) is 1.21. The lowest BCUT2D eigenvalue weighted by molar-refractivity contribution is 0.0784. The molecule has 0 aromatic heterocycles. The Morgan fingerprint density at radius 3 is 2.31 bits per heavy atom. The Bertz CT molecular complexity index is 942. The van der Waals surface area contributed by atoms with Crippen molar-refractivity contribution in [3.8, 4) is 11.5 Å². The molecule has 0 bridgehead atoms. The minimum atomic E-state index is -3.60. The van der Waals surface area contributed by atoms with Gasteiger partial charge in [0.2, 0.25) is 10.0 Å². The van der Waals surface area contributed by atoms with Gasteiger partial charge in [0.1, 0.15) is 0 Å². The van der Waals surface area contributed by atoms with Gasteiger partial charge in [-0.15, -0.1) is 0 Å². The van der Waals surface area contributed by atoms with E-state index < -0.39 is 10.0 Å². The quantitative estimate of drug-likeness (QED) is 0.674. The first-order valence-corrected chi connectivity index (χ1v) is 10.8. The number of ether oxygens (including phenoxy) is 2. The summed E-state index contributed by atoms with van der Waals surface area (Å²) in [5, 5.41) is 0. The number of carbonyl (C=O) groups excluding carboxylic acids is 1. The number of sulfonamides is 1. The van der Waals surface area contributed by atoms with Crippen LogP contribution in [0.25, 0.3) is 0 Å². The highest BCUT2D eigenvalue weighted by atomic mass is 32.2. The molecule has 0 saturated carbocycles. The van der Waals surface area contributed by atoms with Crippen LogP contribution in [0.5, 0.6) is 11.5 Å². The topological polar surface area (TPSA) is 84.9 Å². The van der Waals surface area contributed by atoms with Crippen LogP contribution in [0.15, 0.2) is 47.4 Å². The summed E-state index contributed by atoms with van der Waals surface area (Å²) in [6.45, 7) is 4.02. The van der Waals surface area contributed by atoms with E-state index in [1.165, 1.54) is 29.2 Å². The van der Waals surface area contributed by atoms with Gasteiger partial charge in [-0.25, -0.2) is 13.1 Å². The van der Waals surface area contributed by atoms with E-state index in [-0.39, 0.29) is 16.8 Å². The van der Waals surface area contributed by atoms with Gasteiger partial charge in [0.05, 0.1) is 19.1 Å². The van der Waals surface area contributed by atoms with E-state index in [2.05, 4.69) is 4.72 Å². The zero-order chi connectivity index (χ0) is 21.6. The van der Waals surface area contributed by atoms with Crippen LogP contribution in [0.3, 0.4) is 0 Å². The lowest BCUT2D eigenvalue weighted by Gasteiger charge is -2.20. The molecule has 0 spiro atoms. The van der Waals surface area contributed by atoms with Crippen LogP contribution in [0.2, 0.25) is 0 Å². The molecule has 8 heteroatoms. The van der Waals surface area contributed by atoms with Crippen molar-refractivity contribution < 1.29 is 22.7 Å². The third-order valence-corrected chi connectivity index (χ3v) is 6.22. The number of benzene rings is 2. The van der Waals surface area contributed by atoms with Gasteiger partial charge in [0, 0.05) is 30.8 Å². The zero-order valence-electron chi connectivity index (χ0n) is 17.4. The van der Waals surface area contributed by atoms with Gasteiger partial charge >= 0.3 is 0 Å². The van der Waals surface area contributed by atoms with Crippen molar-refractivity contribution in [1.82, 2.24) is 9.62 Å². The van der Waals surface area contributed by atoms with E-state index >= 15 is 0 Å². The number of carbonyl (C=O) groups is 1. The van der Waals surface area contributed by atoms with Crippen molar-refractivity contribution >= 4 is 15.9 Å². The highest BCUT2D eigenvalue weighted by Crippen LogP contribution is 2.31. The highest BCUT2D eigenvalue weighted by Gasteiger charge is 2.19. The molecule has 1 N–H and O–H groups in total. The summed E-state index contributed by atoms with van der Waals surface area (Å²) in [5.74, 6) is 0.940. The smallest absolute Gasteiger partial charge is 0.253 e. The lowest BCUT2D eigenvalue weighted by Crippen LogP contribution is -2.32. The van der Waals surface area contributed by atoms with Crippen molar-refractivity contribution in [1.29, 1.82) is 0 Å². The molecule has 0 radical (unpaired) electrons. The molecule has 1 amide bonds. The van der Waals surface area contributed by atoms with Crippen LogP contribution in [0, 0.1) is 0 Å². The van der Waals surface area contributed by atoms with E-state index in [0.29, 0.717) is 30.0 Å². The maximum absolute atomic E-state index is 12.8. The van der Waals surface area contributed by atoms with E-state index in [1.807, 2.05) is 19.1 Å². The Labute approximate surface area is 172 Å². The first-order chi connectivity index (χ1) is 13.7. The molecule has 2 aromatic carbocycles. The Kier molecular flexibility index (Phi) is 7.64. The number of hydrogen-bond acceptors (Lipinski definition) is 5. The van der Waals surface area contributed by atoms with E-state index in [0.717, 1.165) is 5.56 Å². The molecule has 29 heavy (non-hydrogen) atoms. The number of nitrogens with zero attached hydrogens (tertiary/aromatic N) is 1. The average Bonchev–Trinajstić information content (AvgIpc) is 2.72. The van der Waals surface area contributed by atoms with Gasteiger partial charge in [-0.3, -0.25) is 4.79 Å². The zero-order valence-corrected chi connectivity index (χ0v) is 18.2. The predicted octanol–water partition coefficient (Wildman–Crippen LogP) is 3.05. The molecule has 0 saturated heterocycles. The molecule has 2 rings (SSSR count). The second-order valence-electron chi connectivity index (χ2n) is 6.77. The minimum absolute atomic E-state index is 0.131. The molecule has 0 aliphatic carbocycles. The molecule has 1 atom stereocenters. The van der Waals surface area contributed by atoms with Gasteiger partial charge < -0.3 is 14.4 Å². The first kappa shape index (κ1) is 22.7. The Hall–Kier alpha value is -2.58. The molecule has 7 nitrogen and oxygen atoms in total. The fraction of sp³-hybridized carbons (Fsp3) is 0.381. The summed E-state index contributed by atoms with van der Waals surface area (Å²) < 4.78 is 38.0. The Morgan fingerprint density at radius 1 is 1.10 bits per heavy atom. The second-order valence-corrected chi connectivity index (χ2v) is 8.48. The molecule has 0 heterocycles. The monoisotopic (exact) mass is 420 g/mol. The van der Waals surface area contributed by atoms with Crippen LogP contribution >= 0.6 is 0 Å². The maximum Gasteiger partial charge on any atom is 0.253 e. The maximum atomic E-state index is 12.8. The Morgan fingerprint density at radius 2 is 1.76 bits per heavy atom. The number of para-hydroxylation sites is 1. The molecule has 2 aromatic rings. The minimum Gasteiger partial charge on any atom is -0.493 e. The molecule has 0 aliphatic heterocycles. The third kappa shape index (κ3) is 5.48. The predicted molar refractivity (Wildman–Crippen MR) is 112 cm³/mol. The SMILES string of the molecule is CCC(C)NS(=O)(=O)c1ccc(C(=O)N(C)Cc2cccc(OC)c2OC)cc1. The van der Waals surface area contributed by atoms with Gasteiger partial charge in [-0.05, 0) is 43.7 Å². The van der Waals surface area contributed by atoms with Crippen LogP contribution in [0.1, 0.15) is 36.2 Å². The molecular weight excluding hydrogens is 392 g/mol. The largest absolute Gasteiger partial charge is 0.493 e. The molecule has 0 aliphatic rings. The molecule has 158 valence electrons. The first-order valence-electron chi connectivity index (χ1n) is 9.31.